The van der Waals surface area contributed by atoms with Gasteiger partial charge in [0.1, 0.15) is 17.6 Å². The first-order valence-corrected chi connectivity index (χ1v) is 10.9. The maximum absolute atomic E-state index is 15.2. The summed E-state index contributed by atoms with van der Waals surface area (Å²) in [4.78, 5) is 1.39. The number of aryl methyl sites for hydroxylation is 1. The summed E-state index contributed by atoms with van der Waals surface area (Å²) in [5.74, 6) is 0.0236. The molecule has 0 aliphatic carbocycles. The molecule has 0 radical (unpaired) electrons. The second-order valence-corrected chi connectivity index (χ2v) is 9.96. The third kappa shape index (κ3) is 4.18. The first kappa shape index (κ1) is 21.4. The number of piperidine rings is 1. The first-order valence-electron chi connectivity index (χ1n) is 10.9. The minimum Gasteiger partial charge on any atom is -0.473 e. The standard InChI is InChI=1S/C23H27FN8O/c1-22(2)9-13(10-23(3,4)31-22)33-19-7-6-17(27-28-19)14-8-16(24)20(15-11-25-29-21(14)15)18-12-26-32(5)30-18/h6-8,11-13,31H,9-10H2,1-5H3,(H,25,29). The Kier molecular flexibility index (Phi) is 4.93. The van der Waals surface area contributed by atoms with Crippen LogP contribution in [0.1, 0.15) is 40.5 Å². The lowest BCUT2D eigenvalue weighted by Gasteiger charge is -2.46. The Labute approximate surface area is 190 Å². The Morgan fingerprint density at radius 2 is 1.82 bits per heavy atom. The molecule has 0 amide bonds. The molecule has 1 saturated heterocycles. The van der Waals surface area contributed by atoms with E-state index in [1.54, 1.807) is 25.4 Å². The van der Waals surface area contributed by atoms with Crippen molar-refractivity contribution in [2.45, 2.75) is 57.7 Å². The molecule has 2 N–H and O–H groups in total. The summed E-state index contributed by atoms with van der Waals surface area (Å²) in [6.45, 7) is 8.70. The number of ether oxygens (including phenoxy) is 1. The van der Waals surface area contributed by atoms with E-state index in [-0.39, 0.29) is 17.2 Å². The molecule has 5 rings (SSSR count). The van der Waals surface area contributed by atoms with E-state index in [1.165, 1.54) is 17.1 Å². The van der Waals surface area contributed by atoms with Gasteiger partial charge in [-0.3, -0.25) is 5.10 Å². The molecule has 4 heterocycles. The van der Waals surface area contributed by atoms with Crippen LogP contribution in [-0.4, -0.2) is 52.6 Å². The van der Waals surface area contributed by atoms with Crippen LogP contribution in [0.15, 0.2) is 30.6 Å². The lowest BCUT2D eigenvalue weighted by atomic mass is 9.81. The van der Waals surface area contributed by atoms with Gasteiger partial charge in [0.2, 0.25) is 5.88 Å². The number of halogens is 1. The highest BCUT2D eigenvalue weighted by molar-refractivity contribution is 6.01. The average Bonchev–Trinajstić information content (AvgIpc) is 3.35. The Morgan fingerprint density at radius 3 is 2.45 bits per heavy atom. The summed E-state index contributed by atoms with van der Waals surface area (Å²) in [6, 6.07) is 4.99. The number of nitrogens with zero attached hydrogens (tertiary/aromatic N) is 6. The Hall–Kier alpha value is -3.40. The van der Waals surface area contributed by atoms with Crippen LogP contribution in [0.4, 0.5) is 4.39 Å². The van der Waals surface area contributed by atoms with Crippen LogP contribution in [0, 0.1) is 5.82 Å². The van der Waals surface area contributed by atoms with Gasteiger partial charge in [-0.1, -0.05) is 0 Å². The van der Waals surface area contributed by atoms with Gasteiger partial charge in [0.15, 0.2) is 0 Å². The fourth-order valence-electron chi connectivity index (χ4n) is 5.01. The predicted octanol–water partition coefficient (Wildman–Crippen LogP) is 3.64. The topological polar surface area (TPSA) is 106 Å². The summed E-state index contributed by atoms with van der Waals surface area (Å²) < 4.78 is 21.3. The smallest absolute Gasteiger partial charge is 0.233 e. The maximum Gasteiger partial charge on any atom is 0.233 e. The van der Waals surface area contributed by atoms with Crippen molar-refractivity contribution < 1.29 is 9.13 Å². The SMILES string of the molecule is Cn1ncc(-c2c(F)cc(-c3ccc(OC4CC(C)(C)NC(C)(C)C4)nn3)c3[nH]ncc23)n1. The quantitative estimate of drug-likeness (QED) is 0.489. The van der Waals surface area contributed by atoms with Crippen molar-refractivity contribution in [3.8, 4) is 28.4 Å². The number of aromatic amines is 1. The third-order valence-electron chi connectivity index (χ3n) is 5.90. The molecule has 0 bridgehead atoms. The highest BCUT2D eigenvalue weighted by Crippen LogP contribution is 2.36. The Bertz CT molecular complexity index is 1290. The molecule has 0 saturated carbocycles. The normalized spacial score (nSPS) is 18.0. The van der Waals surface area contributed by atoms with Crippen LogP contribution in [0.2, 0.25) is 0 Å². The molecule has 3 aromatic heterocycles. The van der Waals surface area contributed by atoms with Crippen molar-refractivity contribution in [1.82, 2.24) is 40.7 Å². The van der Waals surface area contributed by atoms with E-state index < -0.39 is 5.82 Å². The minimum absolute atomic E-state index is 0.0272. The van der Waals surface area contributed by atoms with Crippen LogP contribution >= 0.6 is 0 Å². The van der Waals surface area contributed by atoms with Crippen molar-refractivity contribution >= 4 is 10.9 Å². The van der Waals surface area contributed by atoms with Gasteiger partial charge < -0.3 is 10.1 Å². The van der Waals surface area contributed by atoms with Crippen molar-refractivity contribution in [2.75, 3.05) is 0 Å². The molecule has 1 aromatic carbocycles. The molecule has 1 aliphatic heterocycles. The second kappa shape index (κ2) is 7.58. The molecule has 10 heteroatoms. The molecular weight excluding hydrogens is 423 g/mol. The average molecular weight is 451 g/mol. The molecule has 1 aliphatic rings. The number of aromatic nitrogens is 7. The summed E-state index contributed by atoms with van der Waals surface area (Å²) in [5, 5.41) is 28.2. The number of hydrogen-bond donors (Lipinski definition) is 2. The van der Waals surface area contributed by atoms with Crippen molar-refractivity contribution in [3.63, 3.8) is 0 Å². The van der Waals surface area contributed by atoms with Gasteiger partial charge in [-0.2, -0.15) is 20.1 Å². The first-order chi connectivity index (χ1) is 15.6. The molecule has 172 valence electrons. The molecular formula is C23H27FN8O. The highest BCUT2D eigenvalue weighted by atomic mass is 19.1. The number of H-pyrrole nitrogens is 1. The third-order valence-corrected chi connectivity index (χ3v) is 5.90. The number of fused-ring (bicyclic) bond motifs is 1. The molecule has 1 fully saturated rings. The molecule has 4 aromatic rings. The van der Waals surface area contributed by atoms with Crippen LogP contribution in [0.25, 0.3) is 33.4 Å². The Morgan fingerprint density at radius 1 is 1.06 bits per heavy atom. The second-order valence-electron chi connectivity index (χ2n) is 9.96. The summed E-state index contributed by atoms with van der Waals surface area (Å²) in [7, 11) is 1.69. The lowest BCUT2D eigenvalue weighted by molar-refractivity contribution is 0.0524. The van der Waals surface area contributed by atoms with Crippen molar-refractivity contribution in [3.05, 3.63) is 36.4 Å². The van der Waals surface area contributed by atoms with Crippen LogP contribution < -0.4 is 10.1 Å². The van der Waals surface area contributed by atoms with E-state index in [4.69, 9.17) is 4.74 Å². The monoisotopic (exact) mass is 450 g/mol. The fourth-order valence-corrected chi connectivity index (χ4v) is 5.01. The minimum atomic E-state index is -0.430. The van der Waals surface area contributed by atoms with Gasteiger partial charge in [0.25, 0.3) is 0 Å². The number of benzene rings is 1. The summed E-state index contributed by atoms with van der Waals surface area (Å²) in [5.41, 5.74) is 2.46. The number of rotatable bonds is 4. The van der Waals surface area contributed by atoms with Gasteiger partial charge in [0, 0.05) is 48.0 Å². The van der Waals surface area contributed by atoms with E-state index in [0.29, 0.717) is 39.3 Å². The van der Waals surface area contributed by atoms with Crippen LogP contribution in [-0.2, 0) is 7.05 Å². The lowest BCUT2D eigenvalue weighted by Crippen LogP contribution is -2.60. The van der Waals surface area contributed by atoms with E-state index in [9.17, 15) is 0 Å². The van der Waals surface area contributed by atoms with E-state index >= 15 is 4.39 Å². The molecule has 0 spiro atoms. The van der Waals surface area contributed by atoms with E-state index in [0.717, 1.165) is 12.8 Å². The zero-order valence-corrected chi connectivity index (χ0v) is 19.3. The number of nitrogens with one attached hydrogen (secondary N) is 2. The van der Waals surface area contributed by atoms with Gasteiger partial charge in [-0.15, -0.1) is 10.2 Å². The fraction of sp³-hybridized carbons (Fsp3) is 0.435. The van der Waals surface area contributed by atoms with Crippen molar-refractivity contribution in [1.29, 1.82) is 0 Å². The van der Waals surface area contributed by atoms with Gasteiger partial charge in [0.05, 0.1) is 29.2 Å². The molecule has 33 heavy (non-hydrogen) atoms. The Balaban J connectivity index is 1.44. The van der Waals surface area contributed by atoms with Crippen LogP contribution in [0.5, 0.6) is 5.88 Å². The van der Waals surface area contributed by atoms with Gasteiger partial charge in [-0.05, 0) is 39.8 Å². The van der Waals surface area contributed by atoms with E-state index in [2.05, 4.69) is 63.6 Å². The van der Waals surface area contributed by atoms with Crippen LogP contribution in [0.3, 0.4) is 0 Å². The van der Waals surface area contributed by atoms with Gasteiger partial charge >= 0.3 is 0 Å². The zero-order chi connectivity index (χ0) is 23.4. The zero-order valence-electron chi connectivity index (χ0n) is 19.3. The number of hydrogen-bond acceptors (Lipinski definition) is 7. The predicted molar refractivity (Wildman–Crippen MR) is 122 cm³/mol. The summed E-state index contributed by atoms with van der Waals surface area (Å²) >= 11 is 0. The van der Waals surface area contributed by atoms with Crippen molar-refractivity contribution in [2.24, 2.45) is 7.05 Å². The van der Waals surface area contributed by atoms with Gasteiger partial charge in [-0.25, -0.2) is 4.39 Å². The maximum atomic E-state index is 15.2. The summed E-state index contributed by atoms with van der Waals surface area (Å²) in [6.07, 6.45) is 4.87. The molecule has 9 nitrogen and oxygen atoms in total. The highest BCUT2D eigenvalue weighted by Gasteiger charge is 2.38. The molecule has 0 atom stereocenters. The van der Waals surface area contributed by atoms with E-state index in [1.807, 2.05) is 0 Å². The molecule has 0 unspecified atom stereocenters. The largest absolute Gasteiger partial charge is 0.473 e.